The summed E-state index contributed by atoms with van der Waals surface area (Å²) in [5.74, 6) is -1.71. The van der Waals surface area contributed by atoms with Gasteiger partial charge < -0.3 is 19.9 Å². The molecule has 0 aliphatic heterocycles. The van der Waals surface area contributed by atoms with E-state index in [2.05, 4.69) is 4.74 Å². The molecule has 1 aromatic rings. The largest absolute Gasteiger partial charge is 0.492 e. The summed E-state index contributed by atoms with van der Waals surface area (Å²) in [4.78, 5) is 11.4. The van der Waals surface area contributed by atoms with Gasteiger partial charge in [-0.25, -0.2) is 9.18 Å². The molecule has 6 heteroatoms. The smallest absolute Gasteiger partial charge is 0.341 e. The summed E-state index contributed by atoms with van der Waals surface area (Å²) in [6, 6.07) is 1.14. The summed E-state index contributed by atoms with van der Waals surface area (Å²) in [7, 11) is 3.75. The van der Waals surface area contributed by atoms with E-state index in [0.717, 1.165) is 6.07 Å². The molecule has 0 heterocycles. The van der Waals surface area contributed by atoms with Crippen LogP contribution in [-0.4, -0.2) is 27.3 Å². The second-order valence-electron chi connectivity index (χ2n) is 2.89. The van der Waals surface area contributed by atoms with Crippen molar-refractivity contribution >= 4 is 11.7 Å². The molecule has 16 heavy (non-hydrogen) atoms. The van der Waals surface area contributed by atoms with Crippen LogP contribution >= 0.6 is 0 Å². The molecule has 0 aliphatic rings. The van der Waals surface area contributed by atoms with Crippen molar-refractivity contribution in [3.8, 4) is 11.5 Å². The van der Waals surface area contributed by atoms with Gasteiger partial charge in [-0.05, 0) is 6.07 Å². The van der Waals surface area contributed by atoms with E-state index in [4.69, 9.17) is 15.2 Å². The summed E-state index contributed by atoms with van der Waals surface area (Å²) in [5.41, 5.74) is 5.20. The van der Waals surface area contributed by atoms with Gasteiger partial charge in [0.15, 0.2) is 17.3 Å². The van der Waals surface area contributed by atoms with Crippen molar-refractivity contribution < 1.29 is 23.4 Å². The Labute approximate surface area is 91.9 Å². The van der Waals surface area contributed by atoms with E-state index in [1.165, 1.54) is 21.3 Å². The predicted octanol–water partition coefficient (Wildman–Crippen LogP) is 1.21. The lowest BCUT2D eigenvalue weighted by Gasteiger charge is -2.13. The Kier molecular flexibility index (Phi) is 3.55. The highest BCUT2D eigenvalue weighted by molar-refractivity contribution is 5.94. The number of halogens is 1. The number of carbonyl (C=O) groups is 1. The lowest BCUT2D eigenvalue weighted by atomic mass is 10.1. The zero-order chi connectivity index (χ0) is 12.3. The quantitative estimate of drug-likeness (QED) is 0.623. The van der Waals surface area contributed by atoms with Gasteiger partial charge in [-0.2, -0.15) is 0 Å². The van der Waals surface area contributed by atoms with Gasteiger partial charge in [0.25, 0.3) is 0 Å². The maximum absolute atomic E-state index is 13.5. The molecule has 0 aliphatic carbocycles. The normalized spacial score (nSPS) is 9.75. The molecule has 0 saturated heterocycles. The Morgan fingerprint density at radius 2 is 1.81 bits per heavy atom. The average Bonchev–Trinajstić information content (AvgIpc) is 2.30. The van der Waals surface area contributed by atoms with Crippen molar-refractivity contribution in [2.75, 3.05) is 27.1 Å². The van der Waals surface area contributed by atoms with E-state index in [0.29, 0.717) is 0 Å². The topological polar surface area (TPSA) is 70.8 Å². The van der Waals surface area contributed by atoms with Crippen LogP contribution in [0.2, 0.25) is 0 Å². The summed E-state index contributed by atoms with van der Waals surface area (Å²) in [6.45, 7) is 0. The molecule has 0 aromatic heterocycles. The van der Waals surface area contributed by atoms with E-state index in [1.54, 1.807) is 0 Å². The first kappa shape index (κ1) is 12.1. The minimum absolute atomic E-state index is 0.0146. The van der Waals surface area contributed by atoms with Gasteiger partial charge in [0.1, 0.15) is 5.56 Å². The number of nitrogen functional groups attached to an aromatic ring is 1. The number of methoxy groups -OCH3 is 3. The fourth-order valence-electron chi connectivity index (χ4n) is 1.28. The Morgan fingerprint density at radius 3 is 2.25 bits per heavy atom. The van der Waals surface area contributed by atoms with Crippen LogP contribution in [0.5, 0.6) is 11.5 Å². The molecule has 0 bridgehead atoms. The van der Waals surface area contributed by atoms with Gasteiger partial charge in [-0.3, -0.25) is 0 Å². The lowest BCUT2D eigenvalue weighted by molar-refractivity contribution is 0.0596. The standard InChI is InChI=1S/C10H12FNO4/c1-14-8-5(10(13)16-3)4-6(12)7(11)9(8)15-2/h4H,12H2,1-3H3. The third kappa shape index (κ3) is 1.86. The van der Waals surface area contributed by atoms with E-state index in [9.17, 15) is 9.18 Å². The number of carbonyl (C=O) groups excluding carboxylic acids is 1. The zero-order valence-corrected chi connectivity index (χ0v) is 9.17. The number of anilines is 1. The highest BCUT2D eigenvalue weighted by atomic mass is 19.1. The highest BCUT2D eigenvalue weighted by Gasteiger charge is 2.23. The van der Waals surface area contributed by atoms with Crippen molar-refractivity contribution in [2.24, 2.45) is 0 Å². The van der Waals surface area contributed by atoms with Crippen LogP contribution < -0.4 is 15.2 Å². The molecule has 0 fully saturated rings. The molecule has 0 unspecified atom stereocenters. The van der Waals surface area contributed by atoms with Crippen molar-refractivity contribution in [3.63, 3.8) is 0 Å². The van der Waals surface area contributed by atoms with Gasteiger partial charge in [-0.1, -0.05) is 0 Å². The van der Waals surface area contributed by atoms with Gasteiger partial charge in [0.05, 0.1) is 27.0 Å². The molecular weight excluding hydrogens is 217 g/mol. The van der Waals surface area contributed by atoms with Gasteiger partial charge in [-0.15, -0.1) is 0 Å². The third-order valence-corrected chi connectivity index (χ3v) is 2.02. The minimum atomic E-state index is -0.771. The summed E-state index contributed by atoms with van der Waals surface area (Å²) in [6.07, 6.45) is 0. The summed E-state index contributed by atoms with van der Waals surface area (Å²) < 4.78 is 27.7. The van der Waals surface area contributed by atoms with E-state index >= 15 is 0 Å². The van der Waals surface area contributed by atoms with Gasteiger partial charge in [0, 0.05) is 0 Å². The van der Waals surface area contributed by atoms with Gasteiger partial charge >= 0.3 is 5.97 Å². The highest BCUT2D eigenvalue weighted by Crippen LogP contribution is 2.37. The molecule has 1 aromatic carbocycles. The summed E-state index contributed by atoms with van der Waals surface area (Å²) >= 11 is 0. The number of benzene rings is 1. The van der Waals surface area contributed by atoms with Crippen molar-refractivity contribution in [2.45, 2.75) is 0 Å². The Hall–Kier alpha value is -1.98. The Balaban J connectivity index is 3.49. The SMILES string of the molecule is COC(=O)c1cc(N)c(F)c(OC)c1OC. The number of rotatable bonds is 3. The molecule has 0 saturated carbocycles. The van der Waals surface area contributed by atoms with Crippen LogP contribution in [0, 0.1) is 5.82 Å². The predicted molar refractivity (Wildman–Crippen MR) is 55.3 cm³/mol. The maximum atomic E-state index is 13.5. The van der Waals surface area contributed by atoms with Crippen LogP contribution in [0.15, 0.2) is 6.07 Å². The van der Waals surface area contributed by atoms with Crippen molar-refractivity contribution in [1.82, 2.24) is 0 Å². The molecule has 2 N–H and O–H groups in total. The molecule has 88 valence electrons. The number of nitrogens with two attached hydrogens (primary N) is 1. The monoisotopic (exact) mass is 229 g/mol. The van der Waals surface area contributed by atoms with Crippen LogP contribution in [-0.2, 0) is 4.74 Å². The fourth-order valence-corrected chi connectivity index (χ4v) is 1.28. The molecule has 0 amide bonds. The molecule has 5 nitrogen and oxygen atoms in total. The van der Waals surface area contributed by atoms with Crippen molar-refractivity contribution in [1.29, 1.82) is 0 Å². The number of esters is 1. The average molecular weight is 229 g/mol. The number of hydrogen-bond acceptors (Lipinski definition) is 5. The molecular formula is C10H12FNO4. The molecule has 0 radical (unpaired) electrons. The van der Waals surface area contributed by atoms with E-state index in [1.807, 2.05) is 0 Å². The van der Waals surface area contributed by atoms with Crippen LogP contribution in [0.1, 0.15) is 10.4 Å². The Bertz CT molecular complexity index is 420. The molecule has 0 spiro atoms. The van der Waals surface area contributed by atoms with E-state index in [-0.39, 0.29) is 22.7 Å². The fraction of sp³-hybridized carbons (Fsp3) is 0.300. The Morgan fingerprint density at radius 1 is 1.25 bits per heavy atom. The number of ether oxygens (including phenoxy) is 3. The third-order valence-electron chi connectivity index (χ3n) is 2.02. The molecule has 0 atom stereocenters. The first-order valence-corrected chi connectivity index (χ1v) is 4.35. The minimum Gasteiger partial charge on any atom is -0.492 e. The first-order valence-electron chi connectivity index (χ1n) is 4.35. The lowest BCUT2D eigenvalue weighted by Crippen LogP contribution is -2.08. The number of hydrogen-bond donors (Lipinski definition) is 1. The van der Waals surface area contributed by atoms with Crippen molar-refractivity contribution in [3.05, 3.63) is 17.4 Å². The first-order chi connectivity index (χ1) is 7.56. The molecule has 1 rings (SSSR count). The van der Waals surface area contributed by atoms with Crippen LogP contribution in [0.3, 0.4) is 0 Å². The van der Waals surface area contributed by atoms with Gasteiger partial charge in [0.2, 0.25) is 0 Å². The van der Waals surface area contributed by atoms with Crippen LogP contribution in [0.25, 0.3) is 0 Å². The maximum Gasteiger partial charge on any atom is 0.341 e. The van der Waals surface area contributed by atoms with E-state index < -0.39 is 11.8 Å². The second kappa shape index (κ2) is 4.69. The second-order valence-corrected chi connectivity index (χ2v) is 2.89. The summed E-state index contributed by atoms with van der Waals surface area (Å²) in [5, 5.41) is 0. The van der Waals surface area contributed by atoms with Crippen LogP contribution in [0.4, 0.5) is 10.1 Å². The zero-order valence-electron chi connectivity index (χ0n) is 9.17.